The Kier molecular flexibility index (Phi) is 3.23. The molecule has 0 aliphatic rings. The summed E-state index contributed by atoms with van der Waals surface area (Å²) in [5.41, 5.74) is 4.86. The van der Waals surface area contributed by atoms with E-state index in [0.717, 1.165) is 6.07 Å². The van der Waals surface area contributed by atoms with Crippen LogP contribution in [0, 0.1) is 0 Å². The van der Waals surface area contributed by atoms with E-state index in [2.05, 4.69) is 5.10 Å². The molecule has 84 valence electrons. The number of halogens is 2. The summed E-state index contributed by atoms with van der Waals surface area (Å²) in [6.07, 6.45) is -0.389. The molecule has 7 heteroatoms. The van der Waals surface area contributed by atoms with Crippen molar-refractivity contribution in [3.05, 3.63) is 11.8 Å². The molecule has 1 rings (SSSR count). The molecular weight excluding hydrogens is 208 g/mol. The Morgan fingerprint density at radius 3 is 2.67 bits per heavy atom. The summed E-state index contributed by atoms with van der Waals surface area (Å²) >= 11 is 0. The van der Waals surface area contributed by atoms with E-state index in [9.17, 15) is 13.6 Å². The number of ether oxygens (including phenoxy) is 1. The monoisotopic (exact) mass is 219 g/mol. The molecule has 1 heterocycles. The Balaban J connectivity index is 2.97. The number of anilines is 1. The molecule has 0 atom stereocenters. The first-order valence-corrected chi connectivity index (χ1v) is 4.26. The molecular formula is C8H11F2N3O2. The van der Waals surface area contributed by atoms with Crippen LogP contribution in [0.1, 0.15) is 30.9 Å². The van der Waals surface area contributed by atoms with Crippen LogP contribution < -0.4 is 5.73 Å². The zero-order valence-corrected chi connectivity index (χ0v) is 8.28. The standard InChI is InChI=1S/C8H11F2N3O2/c1-4(2)15-7(14)5-3-6(11)12-13(5)8(9)10/h3-4,8H,1-2H3,(H2,11,12). The van der Waals surface area contributed by atoms with Gasteiger partial charge in [-0.05, 0) is 13.8 Å². The first kappa shape index (κ1) is 11.4. The van der Waals surface area contributed by atoms with E-state index in [1.165, 1.54) is 0 Å². The second-order valence-electron chi connectivity index (χ2n) is 3.13. The third-order valence-electron chi connectivity index (χ3n) is 1.49. The van der Waals surface area contributed by atoms with Gasteiger partial charge in [0, 0.05) is 6.07 Å². The lowest BCUT2D eigenvalue weighted by Crippen LogP contribution is -2.17. The van der Waals surface area contributed by atoms with Crippen LogP contribution in [0.25, 0.3) is 0 Å². The maximum Gasteiger partial charge on any atom is 0.357 e. The van der Waals surface area contributed by atoms with Gasteiger partial charge < -0.3 is 10.5 Å². The summed E-state index contributed by atoms with van der Waals surface area (Å²) in [4.78, 5) is 11.3. The van der Waals surface area contributed by atoms with Gasteiger partial charge in [-0.2, -0.15) is 13.5 Å². The van der Waals surface area contributed by atoms with Crippen LogP contribution >= 0.6 is 0 Å². The number of hydrogen-bond acceptors (Lipinski definition) is 4. The highest BCUT2D eigenvalue weighted by Gasteiger charge is 2.21. The minimum atomic E-state index is -2.92. The van der Waals surface area contributed by atoms with Crippen molar-refractivity contribution in [2.45, 2.75) is 26.5 Å². The van der Waals surface area contributed by atoms with Gasteiger partial charge in [0.1, 0.15) is 5.82 Å². The average molecular weight is 219 g/mol. The normalized spacial score (nSPS) is 11.1. The van der Waals surface area contributed by atoms with Crippen molar-refractivity contribution in [1.82, 2.24) is 9.78 Å². The van der Waals surface area contributed by atoms with Crippen molar-refractivity contribution < 1.29 is 18.3 Å². The Hall–Kier alpha value is -1.66. The molecule has 0 amide bonds. The quantitative estimate of drug-likeness (QED) is 0.780. The van der Waals surface area contributed by atoms with E-state index < -0.39 is 12.5 Å². The fourth-order valence-corrected chi connectivity index (χ4v) is 0.989. The van der Waals surface area contributed by atoms with Crippen LogP contribution in [-0.4, -0.2) is 21.9 Å². The molecule has 0 aliphatic carbocycles. The number of nitrogens with zero attached hydrogens (tertiary/aromatic N) is 2. The molecule has 0 saturated heterocycles. The van der Waals surface area contributed by atoms with Crippen molar-refractivity contribution in [3.8, 4) is 0 Å². The largest absolute Gasteiger partial charge is 0.458 e. The zero-order chi connectivity index (χ0) is 11.6. The van der Waals surface area contributed by atoms with Crippen LogP contribution in [0.4, 0.5) is 14.6 Å². The van der Waals surface area contributed by atoms with Crippen molar-refractivity contribution in [2.75, 3.05) is 5.73 Å². The molecule has 2 N–H and O–H groups in total. The van der Waals surface area contributed by atoms with Gasteiger partial charge in [-0.25, -0.2) is 4.79 Å². The first-order chi connectivity index (χ1) is 6.91. The van der Waals surface area contributed by atoms with E-state index in [1.807, 2.05) is 0 Å². The number of esters is 1. The van der Waals surface area contributed by atoms with Crippen LogP contribution in [0.15, 0.2) is 6.07 Å². The number of hydrogen-bond donors (Lipinski definition) is 1. The number of carbonyl (C=O) groups excluding carboxylic acids is 1. The Morgan fingerprint density at radius 2 is 2.20 bits per heavy atom. The second-order valence-corrected chi connectivity index (χ2v) is 3.13. The van der Waals surface area contributed by atoms with Gasteiger partial charge in [0.05, 0.1) is 6.10 Å². The molecule has 0 saturated carbocycles. The summed E-state index contributed by atoms with van der Waals surface area (Å²) < 4.78 is 29.7. The van der Waals surface area contributed by atoms with Crippen molar-refractivity contribution >= 4 is 11.8 Å². The Bertz CT molecular complexity index is 363. The highest BCUT2D eigenvalue weighted by Crippen LogP contribution is 2.16. The minimum Gasteiger partial charge on any atom is -0.458 e. The predicted molar refractivity (Wildman–Crippen MR) is 48.4 cm³/mol. The maximum absolute atomic E-state index is 12.4. The van der Waals surface area contributed by atoms with Crippen molar-refractivity contribution in [2.24, 2.45) is 0 Å². The van der Waals surface area contributed by atoms with Gasteiger partial charge in [-0.3, -0.25) is 0 Å². The van der Waals surface area contributed by atoms with Gasteiger partial charge in [-0.15, -0.1) is 5.10 Å². The summed E-state index contributed by atoms with van der Waals surface area (Å²) in [6.45, 7) is 0.311. The third kappa shape index (κ3) is 2.64. The van der Waals surface area contributed by atoms with E-state index in [1.54, 1.807) is 13.8 Å². The molecule has 1 aromatic heterocycles. The van der Waals surface area contributed by atoms with E-state index in [-0.39, 0.29) is 22.3 Å². The number of aromatic nitrogens is 2. The molecule has 0 bridgehead atoms. The van der Waals surface area contributed by atoms with Crippen LogP contribution in [0.3, 0.4) is 0 Å². The van der Waals surface area contributed by atoms with Gasteiger partial charge in [-0.1, -0.05) is 0 Å². The lowest BCUT2D eigenvalue weighted by molar-refractivity contribution is 0.0258. The minimum absolute atomic E-state index is 0.147. The Labute approximate surface area is 84.8 Å². The highest BCUT2D eigenvalue weighted by atomic mass is 19.3. The molecule has 0 spiro atoms. The molecule has 0 radical (unpaired) electrons. The van der Waals surface area contributed by atoms with Crippen LogP contribution in [0.5, 0.6) is 0 Å². The summed E-state index contributed by atoms with van der Waals surface area (Å²) in [5.74, 6) is -1.01. The zero-order valence-electron chi connectivity index (χ0n) is 8.28. The number of alkyl halides is 2. The first-order valence-electron chi connectivity index (χ1n) is 4.26. The number of carbonyl (C=O) groups is 1. The summed E-state index contributed by atoms with van der Waals surface area (Å²) in [7, 11) is 0. The number of nitrogen functional groups attached to an aromatic ring is 1. The van der Waals surface area contributed by atoms with Crippen molar-refractivity contribution in [3.63, 3.8) is 0 Å². The van der Waals surface area contributed by atoms with E-state index in [4.69, 9.17) is 10.5 Å². The average Bonchev–Trinajstić information content (AvgIpc) is 2.46. The van der Waals surface area contributed by atoms with Crippen molar-refractivity contribution in [1.29, 1.82) is 0 Å². The fraction of sp³-hybridized carbons (Fsp3) is 0.500. The maximum atomic E-state index is 12.4. The molecule has 0 aliphatic heterocycles. The number of nitrogens with two attached hydrogens (primary N) is 1. The molecule has 0 unspecified atom stereocenters. The topological polar surface area (TPSA) is 70.1 Å². The molecule has 1 aromatic rings. The van der Waals surface area contributed by atoms with Gasteiger partial charge >= 0.3 is 12.5 Å². The van der Waals surface area contributed by atoms with Gasteiger partial charge in [0.25, 0.3) is 0 Å². The van der Waals surface area contributed by atoms with E-state index in [0.29, 0.717) is 0 Å². The van der Waals surface area contributed by atoms with Crippen LogP contribution in [-0.2, 0) is 4.74 Å². The SMILES string of the molecule is CC(C)OC(=O)c1cc(N)nn1C(F)F. The summed E-state index contributed by atoms with van der Waals surface area (Å²) in [6, 6.07) is 1.05. The lowest BCUT2D eigenvalue weighted by atomic mass is 10.4. The van der Waals surface area contributed by atoms with Crippen LogP contribution in [0.2, 0.25) is 0 Å². The van der Waals surface area contributed by atoms with Gasteiger partial charge in [0.15, 0.2) is 5.69 Å². The predicted octanol–water partition coefficient (Wildman–Crippen LogP) is 1.43. The molecule has 15 heavy (non-hydrogen) atoms. The summed E-state index contributed by atoms with van der Waals surface area (Å²) in [5, 5.41) is 3.28. The number of rotatable bonds is 3. The van der Waals surface area contributed by atoms with E-state index >= 15 is 0 Å². The third-order valence-corrected chi connectivity index (χ3v) is 1.49. The highest BCUT2D eigenvalue weighted by molar-refractivity contribution is 5.88. The lowest BCUT2D eigenvalue weighted by Gasteiger charge is -2.08. The smallest absolute Gasteiger partial charge is 0.357 e. The fourth-order valence-electron chi connectivity index (χ4n) is 0.989. The molecule has 5 nitrogen and oxygen atoms in total. The molecule has 0 fully saturated rings. The molecule has 0 aromatic carbocycles. The second kappa shape index (κ2) is 4.24. The van der Waals surface area contributed by atoms with Gasteiger partial charge in [0.2, 0.25) is 0 Å². The Morgan fingerprint density at radius 1 is 1.60 bits per heavy atom.